The molecule has 0 spiro atoms. The van der Waals surface area contributed by atoms with Crippen LogP contribution in [0.5, 0.6) is 0 Å². The number of rotatable bonds is 3. The lowest BCUT2D eigenvalue weighted by Gasteiger charge is -2.13. The molecule has 2 aromatic carbocycles. The summed E-state index contributed by atoms with van der Waals surface area (Å²) >= 11 is 0. The summed E-state index contributed by atoms with van der Waals surface area (Å²) in [5.41, 5.74) is 0.106. The van der Waals surface area contributed by atoms with Crippen LogP contribution < -0.4 is 5.56 Å². The standard InChI is InChI=1S/C22H14F3N3O/c23-22(24,25)16-4-3-5-17(14-16)28-20(9-8-15-10-12-26-13-11-15)27-19-7-2-1-6-18(19)21(28)29/h1-14H. The fourth-order valence-electron chi connectivity index (χ4n) is 2.98. The number of hydrogen-bond donors (Lipinski definition) is 0. The Morgan fingerprint density at radius 3 is 2.41 bits per heavy atom. The fraction of sp³-hybridized carbons (Fsp3) is 0.0455. The van der Waals surface area contributed by atoms with Crippen LogP contribution in [0.25, 0.3) is 28.7 Å². The summed E-state index contributed by atoms with van der Waals surface area (Å²) in [4.78, 5) is 21.6. The Labute approximate surface area is 163 Å². The van der Waals surface area contributed by atoms with Crippen LogP contribution in [0.1, 0.15) is 17.0 Å². The molecule has 4 aromatic rings. The lowest BCUT2D eigenvalue weighted by Crippen LogP contribution is -2.22. The van der Waals surface area contributed by atoms with Gasteiger partial charge in [-0.2, -0.15) is 13.2 Å². The number of nitrogens with zero attached hydrogens (tertiary/aromatic N) is 3. The Balaban J connectivity index is 1.96. The molecule has 0 aliphatic heterocycles. The molecule has 4 rings (SSSR count). The first kappa shape index (κ1) is 18.6. The molecule has 0 amide bonds. The number of halogens is 3. The van der Waals surface area contributed by atoms with Crippen LogP contribution in [0.15, 0.2) is 77.9 Å². The van der Waals surface area contributed by atoms with E-state index >= 15 is 0 Å². The molecule has 0 aliphatic rings. The number of pyridine rings is 1. The molecule has 0 atom stereocenters. The van der Waals surface area contributed by atoms with Gasteiger partial charge in [0.1, 0.15) is 5.82 Å². The lowest BCUT2D eigenvalue weighted by molar-refractivity contribution is -0.137. The molecule has 144 valence electrons. The summed E-state index contributed by atoms with van der Waals surface area (Å²) in [5, 5.41) is 0.325. The number of aromatic nitrogens is 3. The van der Waals surface area contributed by atoms with Crippen molar-refractivity contribution >= 4 is 23.1 Å². The first-order chi connectivity index (χ1) is 13.9. The van der Waals surface area contributed by atoms with Crippen molar-refractivity contribution in [3.63, 3.8) is 0 Å². The third kappa shape index (κ3) is 3.80. The van der Waals surface area contributed by atoms with E-state index in [9.17, 15) is 18.0 Å². The summed E-state index contributed by atoms with van der Waals surface area (Å²) in [5.74, 6) is 0.227. The van der Waals surface area contributed by atoms with E-state index in [2.05, 4.69) is 9.97 Å². The molecule has 0 N–H and O–H groups in total. The topological polar surface area (TPSA) is 47.8 Å². The summed E-state index contributed by atoms with van der Waals surface area (Å²) in [6, 6.07) is 14.9. The fourth-order valence-corrected chi connectivity index (χ4v) is 2.98. The average molecular weight is 393 g/mol. The third-order valence-electron chi connectivity index (χ3n) is 4.36. The molecule has 2 heterocycles. The van der Waals surface area contributed by atoms with Crippen molar-refractivity contribution in [1.29, 1.82) is 0 Å². The van der Waals surface area contributed by atoms with Crippen molar-refractivity contribution in [1.82, 2.24) is 14.5 Å². The summed E-state index contributed by atoms with van der Waals surface area (Å²) in [7, 11) is 0. The quantitative estimate of drug-likeness (QED) is 0.494. The molecular formula is C22H14F3N3O. The van der Waals surface area contributed by atoms with Crippen molar-refractivity contribution in [2.24, 2.45) is 0 Å². The van der Waals surface area contributed by atoms with Crippen LogP contribution >= 0.6 is 0 Å². The van der Waals surface area contributed by atoms with Gasteiger partial charge in [0.15, 0.2) is 0 Å². The molecule has 2 aromatic heterocycles. The highest BCUT2D eigenvalue weighted by molar-refractivity contribution is 5.80. The van der Waals surface area contributed by atoms with Crippen LogP contribution in [0.3, 0.4) is 0 Å². The number of para-hydroxylation sites is 1. The van der Waals surface area contributed by atoms with E-state index in [4.69, 9.17) is 0 Å². The highest BCUT2D eigenvalue weighted by Crippen LogP contribution is 2.30. The lowest BCUT2D eigenvalue weighted by atomic mass is 10.1. The second kappa shape index (κ2) is 7.35. The Hall–Kier alpha value is -3.74. The molecule has 0 radical (unpaired) electrons. The van der Waals surface area contributed by atoms with Crippen LogP contribution in [0.4, 0.5) is 13.2 Å². The summed E-state index contributed by atoms with van der Waals surface area (Å²) < 4.78 is 40.7. The van der Waals surface area contributed by atoms with E-state index in [0.29, 0.717) is 10.9 Å². The maximum atomic E-state index is 13.2. The summed E-state index contributed by atoms with van der Waals surface area (Å²) in [6.45, 7) is 0. The largest absolute Gasteiger partial charge is 0.416 e. The molecule has 4 nitrogen and oxygen atoms in total. The third-order valence-corrected chi connectivity index (χ3v) is 4.36. The second-order valence-corrected chi connectivity index (χ2v) is 6.29. The second-order valence-electron chi connectivity index (χ2n) is 6.29. The minimum absolute atomic E-state index is 0.0949. The van der Waals surface area contributed by atoms with Gasteiger partial charge in [0.2, 0.25) is 0 Å². The van der Waals surface area contributed by atoms with E-state index in [1.54, 1.807) is 60.9 Å². The smallest absolute Gasteiger partial charge is 0.268 e. The van der Waals surface area contributed by atoms with Crippen LogP contribution in [0, 0.1) is 0 Å². The van der Waals surface area contributed by atoms with Gasteiger partial charge in [-0.05, 0) is 54.1 Å². The van der Waals surface area contributed by atoms with Crippen molar-refractivity contribution in [2.75, 3.05) is 0 Å². The van der Waals surface area contributed by atoms with Crippen molar-refractivity contribution < 1.29 is 13.2 Å². The summed E-state index contributed by atoms with van der Waals surface area (Å²) in [6.07, 6.45) is 2.05. The zero-order valence-electron chi connectivity index (χ0n) is 15.0. The van der Waals surface area contributed by atoms with Crippen molar-refractivity contribution in [2.45, 2.75) is 6.18 Å². The van der Waals surface area contributed by atoms with Gasteiger partial charge in [-0.25, -0.2) is 4.98 Å². The van der Waals surface area contributed by atoms with Crippen LogP contribution in [0.2, 0.25) is 0 Å². The van der Waals surface area contributed by atoms with Crippen molar-refractivity contribution in [3.05, 3.63) is 100 Å². The van der Waals surface area contributed by atoms with Gasteiger partial charge in [-0.1, -0.05) is 24.3 Å². The molecule has 7 heteroatoms. The van der Waals surface area contributed by atoms with Gasteiger partial charge in [-0.3, -0.25) is 14.3 Å². The van der Waals surface area contributed by atoms with Crippen LogP contribution in [-0.4, -0.2) is 14.5 Å². The van der Waals surface area contributed by atoms with E-state index < -0.39 is 17.3 Å². The molecule has 0 aliphatic carbocycles. The van der Waals surface area contributed by atoms with Gasteiger partial charge >= 0.3 is 6.18 Å². The highest BCUT2D eigenvalue weighted by atomic mass is 19.4. The van der Waals surface area contributed by atoms with E-state index in [1.807, 2.05) is 0 Å². The number of benzene rings is 2. The van der Waals surface area contributed by atoms with E-state index in [0.717, 1.165) is 17.7 Å². The van der Waals surface area contributed by atoms with E-state index in [-0.39, 0.29) is 11.5 Å². The Morgan fingerprint density at radius 1 is 0.897 bits per heavy atom. The number of fused-ring (bicyclic) bond motifs is 1. The number of alkyl halides is 3. The average Bonchev–Trinajstić information content (AvgIpc) is 2.72. The molecule has 0 saturated heterocycles. The molecule has 0 bridgehead atoms. The predicted octanol–water partition coefficient (Wildman–Crippen LogP) is 4.97. The first-order valence-electron chi connectivity index (χ1n) is 8.71. The normalized spacial score (nSPS) is 12.0. The molecule has 0 fully saturated rings. The molecule has 0 unspecified atom stereocenters. The zero-order chi connectivity index (χ0) is 20.4. The first-order valence-corrected chi connectivity index (χ1v) is 8.71. The minimum atomic E-state index is -4.52. The van der Waals surface area contributed by atoms with Gasteiger partial charge in [-0.15, -0.1) is 0 Å². The predicted molar refractivity (Wildman–Crippen MR) is 106 cm³/mol. The Bertz CT molecular complexity index is 1260. The Morgan fingerprint density at radius 2 is 1.66 bits per heavy atom. The van der Waals surface area contributed by atoms with Gasteiger partial charge in [0.25, 0.3) is 5.56 Å². The van der Waals surface area contributed by atoms with E-state index in [1.165, 1.54) is 16.7 Å². The van der Waals surface area contributed by atoms with Crippen LogP contribution in [-0.2, 0) is 6.18 Å². The SMILES string of the molecule is O=c1c2ccccc2nc(C=Cc2ccncc2)n1-c1cccc(C(F)(F)F)c1. The van der Waals surface area contributed by atoms with Gasteiger partial charge in [0.05, 0.1) is 22.2 Å². The van der Waals surface area contributed by atoms with Gasteiger partial charge in [0, 0.05) is 12.4 Å². The minimum Gasteiger partial charge on any atom is -0.268 e. The maximum absolute atomic E-state index is 13.2. The highest BCUT2D eigenvalue weighted by Gasteiger charge is 2.30. The molecule has 29 heavy (non-hydrogen) atoms. The Kier molecular flexibility index (Phi) is 4.72. The molecule has 0 saturated carbocycles. The zero-order valence-corrected chi connectivity index (χ0v) is 15.0. The number of hydrogen-bond acceptors (Lipinski definition) is 3. The monoisotopic (exact) mass is 393 g/mol. The molecular weight excluding hydrogens is 379 g/mol. The maximum Gasteiger partial charge on any atom is 0.416 e. The van der Waals surface area contributed by atoms with Gasteiger partial charge < -0.3 is 0 Å². The van der Waals surface area contributed by atoms with Crippen molar-refractivity contribution in [3.8, 4) is 5.69 Å².